The van der Waals surface area contributed by atoms with Gasteiger partial charge in [-0.2, -0.15) is 0 Å². The van der Waals surface area contributed by atoms with Crippen LogP contribution in [0.4, 0.5) is 0 Å². The summed E-state index contributed by atoms with van der Waals surface area (Å²) in [6.45, 7) is 9.63. The molecular weight excluding hydrogens is 204 g/mol. The Labute approximate surface area is 109 Å². The van der Waals surface area contributed by atoms with Crippen molar-refractivity contribution in [1.29, 1.82) is 0 Å². The maximum atomic E-state index is 2.52. The molecule has 0 aromatic heterocycles. The lowest BCUT2D eigenvalue weighted by molar-refractivity contribution is 0.0244. The van der Waals surface area contributed by atoms with E-state index in [1.54, 1.807) is 25.7 Å². The van der Waals surface area contributed by atoms with Crippen molar-refractivity contribution in [3.8, 4) is 0 Å². The van der Waals surface area contributed by atoms with Gasteiger partial charge < -0.3 is 0 Å². The summed E-state index contributed by atoms with van der Waals surface area (Å²) in [5.74, 6) is 4.18. The van der Waals surface area contributed by atoms with Crippen LogP contribution in [0.1, 0.15) is 79.1 Å². The van der Waals surface area contributed by atoms with Crippen molar-refractivity contribution < 1.29 is 0 Å². The number of hydrogen-bond acceptors (Lipinski definition) is 0. The number of rotatable bonds is 5. The van der Waals surface area contributed by atoms with Crippen LogP contribution in [0.25, 0.3) is 0 Å². The van der Waals surface area contributed by atoms with E-state index in [1.165, 1.54) is 25.7 Å². The zero-order valence-corrected chi connectivity index (χ0v) is 12.5. The zero-order chi connectivity index (χ0) is 12.5. The van der Waals surface area contributed by atoms with Crippen molar-refractivity contribution in [1.82, 2.24) is 0 Å². The fourth-order valence-corrected chi connectivity index (χ4v) is 4.77. The van der Waals surface area contributed by atoms with E-state index in [2.05, 4.69) is 27.7 Å². The lowest BCUT2D eigenvalue weighted by Crippen LogP contribution is -2.38. The van der Waals surface area contributed by atoms with E-state index in [4.69, 9.17) is 0 Å². The Morgan fingerprint density at radius 2 is 1.82 bits per heavy atom. The molecular formula is C17H32. The van der Waals surface area contributed by atoms with Crippen LogP contribution in [-0.2, 0) is 0 Å². The highest BCUT2D eigenvalue weighted by Gasteiger charge is 2.44. The van der Waals surface area contributed by atoms with Crippen LogP contribution in [0.15, 0.2) is 0 Å². The summed E-state index contributed by atoms with van der Waals surface area (Å²) in [6.07, 6.45) is 12.0. The molecule has 0 aromatic carbocycles. The molecule has 0 aromatic rings. The largest absolute Gasteiger partial charge is 0.0654 e. The molecule has 2 rings (SSSR count). The third-order valence-electron chi connectivity index (χ3n) is 5.42. The Bertz CT molecular complexity index is 234. The van der Waals surface area contributed by atoms with E-state index < -0.39 is 0 Å². The van der Waals surface area contributed by atoms with Gasteiger partial charge in [-0.05, 0) is 67.6 Å². The molecule has 2 unspecified atom stereocenters. The van der Waals surface area contributed by atoms with Gasteiger partial charge in [0.2, 0.25) is 0 Å². The predicted octanol–water partition coefficient (Wildman–Crippen LogP) is 5.67. The average molecular weight is 236 g/mol. The first-order valence-electron chi connectivity index (χ1n) is 8.02. The second kappa shape index (κ2) is 5.33. The quantitative estimate of drug-likeness (QED) is 0.577. The molecule has 0 heteroatoms. The van der Waals surface area contributed by atoms with Gasteiger partial charge in [0.05, 0.1) is 0 Å². The van der Waals surface area contributed by atoms with E-state index in [0.717, 1.165) is 29.1 Å². The van der Waals surface area contributed by atoms with Gasteiger partial charge >= 0.3 is 0 Å². The first kappa shape index (κ1) is 13.4. The zero-order valence-electron chi connectivity index (χ0n) is 12.5. The van der Waals surface area contributed by atoms with Crippen LogP contribution < -0.4 is 0 Å². The van der Waals surface area contributed by atoms with Crippen molar-refractivity contribution in [2.45, 2.75) is 79.1 Å². The average Bonchev–Trinajstić information content (AvgIpc) is 2.61. The second-order valence-electron chi connectivity index (χ2n) is 7.80. The standard InChI is InChI=1S/C17H32/c1-5-8-17(4)11-16(12-17)15-7-6-14(10-15)9-13(2)3/h13-16H,5-12H2,1-4H3. The van der Waals surface area contributed by atoms with Gasteiger partial charge in [0.1, 0.15) is 0 Å². The minimum absolute atomic E-state index is 0.732. The molecule has 100 valence electrons. The highest BCUT2D eigenvalue weighted by atomic mass is 14.5. The second-order valence-corrected chi connectivity index (χ2v) is 7.80. The summed E-state index contributed by atoms with van der Waals surface area (Å²) < 4.78 is 0. The molecule has 17 heavy (non-hydrogen) atoms. The van der Waals surface area contributed by atoms with Gasteiger partial charge in [0.15, 0.2) is 0 Å². The lowest BCUT2D eigenvalue weighted by Gasteiger charge is -2.48. The van der Waals surface area contributed by atoms with E-state index in [-0.39, 0.29) is 0 Å². The highest BCUT2D eigenvalue weighted by Crippen LogP contribution is 2.55. The van der Waals surface area contributed by atoms with Crippen molar-refractivity contribution in [2.75, 3.05) is 0 Å². The normalized spacial score (nSPS) is 41.8. The summed E-state index contributed by atoms with van der Waals surface area (Å²) in [7, 11) is 0. The molecule has 0 amide bonds. The summed E-state index contributed by atoms with van der Waals surface area (Å²) in [5.41, 5.74) is 0.732. The van der Waals surface area contributed by atoms with E-state index >= 15 is 0 Å². The predicted molar refractivity (Wildman–Crippen MR) is 76.0 cm³/mol. The first-order valence-corrected chi connectivity index (χ1v) is 8.02. The Balaban J connectivity index is 1.72. The van der Waals surface area contributed by atoms with Gasteiger partial charge in [0.25, 0.3) is 0 Å². The molecule has 0 spiro atoms. The maximum Gasteiger partial charge on any atom is -0.0320 e. The van der Waals surface area contributed by atoms with Gasteiger partial charge in [-0.1, -0.05) is 40.5 Å². The molecule has 0 nitrogen and oxygen atoms in total. The van der Waals surface area contributed by atoms with E-state index in [1.807, 2.05) is 0 Å². The molecule has 0 saturated heterocycles. The summed E-state index contributed by atoms with van der Waals surface area (Å²) in [5, 5.41) is 0. The van der Waals surface area contributed by atoms with E-state index in [9.17, 15) is 0 Å². The number of hydrogen-bond donors (Lipinski definition) is 0. The fourth-order valence-electron chi connectivity index (χ4n) is 4.77. The minimum Gasteiger partial charge on any atom is -0.0654 e. The third-order valence-corrected chi connectivity index (χ3v) is 5.42. The first-order chi connectivity index (χ1) is 8.02. The fraction of sp³-hybridized carbons (Fsp3) is 1.00. The molecule has 2 saturated carbocycles. The van der Waals surface area contributed by atoms with Crippen LogP contribution in [0, 0.1) is 29.1 Å². The molecule has 0 N–H and O–H groups in total. The van der Waals surface area contributed by atoms with Crippen LogP contribution in [0.2, 0.25) is 0 Å². The van der Waals surface area contributed by atoms with Crippen LogP contribution in [-0.4, -0.2) is 0 Å². The molecule has 2 aliphatic rings. The summed E-state index contributed by atoms with van der Waals surface area (Å²) in [4.78, 5) is 0. The molecule has 2 aliphatic carbocycles. The lowest BCUT2D eigenvalue weighted by atomic mass is 9.57. The van der Waals surface area contributed by atoms with Gasteiger partial charge in [0, 0.05) is 0 Å². The Morgan fingerprint density at radius 3 is 2.41 bits per heavy atom. The van der Waals surface area contributed by atoms with Crippen molar-refractivity contribution >= 4 is 0 Å². The van der Waals surface area contributed by atoms with Gasteiger partial charge in [-0.15, -0.1) is 0 Å². The Kier molecular flexibility index (Phi) is 4.21. The highest BCUT2D eigenvalue weighted by molar-refractivity contribution is 4.95. The Hall–Kier alpha value is 0. The maximum absolute atomic E-state index is 2.52. The SMILES string of the molecule is CCCC1(C)CC(C2CCC(CC(C)C)C2)C1. The van der Waals surface area contributed by atoms with Crippen LogP contribution in [0.5, 0.6) is 0 Å². The molecule has 0 bridgehead atoms. The molecule has 2 atom stereocenters. The van der Waals surface area contributed by atoms with Gasteiger partial charge in [-0.25, -0.2) is 0 Å². The summed E-state index contributed by atoms with van der Waals surface area (Å²) in [6, 6.07) is 0. The molecule has 2 fully saturated rings. The third kappa shape index (κ3) is 3.26. The molecule has 0 radical (unpaired) electrons. The van der Waals surface area contributed by atoms with Crippen molar-refractivity contribution in [3.05, 3.63) is 0 Å². The summed E-state index contributed by atoms with van der Waals surface area (Å²) >= 11 is 0. The van der Waals surface area contributed by atoms with Crippen LogP contribution >= 0.6 is 0 Å². The smallest absolute Gasteiger partial charge is 0.0320 e. The van der Waals surface area contributed by atoms with E-state index in [0.29, 0.717) is 0 Å². The minimum atomic E-state index is 0.732. The van der Waals surface area contributed by atoms with Crippen LogP contribution in [0.3, 0.4) is 0 Å². The topological polar surface area (TPSA) is 0 Å². The molecule has 0 heterocycles. The van der Waals surface area contributed by atoms with Crippen molar-refractivity contribution in [2.24, 2.45) is 29.1 Å². The van der Waals surface area contributed by atoms with Gasteiger partial charge in [-0.3, -0.25) is 0 Å². The molecule has 0 aliphatic heterocycles. The van der Waals surface area contributed by atoms with Crippen molar-refractivity contribution in [3.63, 3.8) is 0 Å². The monoisotopic (exact) mass is 236 g/mol. The Morgan fingerprint density at radius 1 is 1.12 bits per heavy atom.